The molecule has 6 aliphatic rings. The third kappa shape index (κ3) is 1.20. The van der Waals surface area contributed by atoms with E-state index in [0.29, 0.717) is 35.9 Å². The molecule has 4 saturated heterocycles. The molecule has 4 nitrogen and oxygen atoms in total. The molecule has 2 N–H and O–H groups in total. The van der Waals surface area contributed by atoms with Gasteiger partial charge in [-0.3, -0.25) is 4.90 Å². The normalized spacial score (nSPS) is 55.8. The molecule has 1 saturated carbocycles. The second-order valence-electron chi connectivity index (χ2n) is 8.81. The van der Waals surface area contributed by atoms with Crippen LogP contribution in [0.3, 0.4) is 0 Å². The molecular formula is C20H26N2O2. The molecule has 0 amide bonds. The van der Waals surface area contributed by atoms with Crippen molar-refractivity contribution < 1.29 is 10.2 Å². The number of benzene rings is 1. The fourth-order valence-corrected chi connectivity index (χ4v) is 7.88. The Balaban J connectivity index is 1.60. The van der Waals surface area contributed by atoms with Gasteiger partial charge in [-0.25, -0.2) is 0 Å². The van der Waals surface area contributed by atoms with Gasteiger partial charge in [0.15, 0.2) is 0 Å². The third-order valence-electron chi connectivity index (χ3n) is 8.46. The van der Waals surface area contributed by atoms with Crippen molar-refractivity contribution in [2.45, 2.75) is 62.1 Å². The van der Waals surface area contributed by atoms with Crippen LogP contribution < -0.4 is 4.90 Å². The smallest absolute Gasteiger partial charge is 0.111 e. The second kappa shape index (κ2) is 4.17. The van der Waals surface area contributed by atoms with E-state index in [-0.39, 0.29) is 17.7 Å². The monoisotopic (exact) mass is 326 g/mol. The van der Waals surface area contributed by atoms with Gasteiger partial charge in [-0.05, 0) is 36.8 Å². The maximum atomic E-state index is 11.6. The summed E-state index contributed by atoms with van der Waals surface area (Å²) < 4.78 is 0. The van der Waals surface area contributed by atoms with Crippen molar-refractivity contribution in [3.05, 3.63) is 29.8 Å². The molecule has 24 heavy (non-hydrogen) atoms. The SMILES string of the molecule is CC[C@H]1[C@@H]2C[C@H]3[C@H]4N(C)c5ccccc5[C@]45C[C@@H]([C@H]2[C@H]5O)N3[C@@H]1O. The summed E-state index contributed by atoms with van der Waals surface area (Å²) in [6.07, 6.45) is 2.56. The maximum Gasteiger partial charge on any atom is 0.111 e. The lowest BCUT2D eigenvalue weighted by atomic mass is 9.62. The first-order valence-electron chi connectivity index (χ1n) is 9.57. The van der Waals surface area contributed by atoms with E-state index in [4.69, 9.17) is 0 Å². The highest BCUT2D eigenvalue weighted by atomic mass is 16.3. The summed E-state index contributed by atoms with van der Waals surface area (Å²) in [5.74, 6) is 1.14. The van der Waals surface area contributed by atoms with E-state index in [9.17, 15) is 10.2 Å². The average Bonchev–Trinajstić information content (AvgIpc) is 2.97. The zero-order chi connectivity index (χ0) is 16.4. The Labute approximate surface area is 143 Å². The minimum atomic E-state index is -0.319. The summed E-state index contributed by atoms with van der Waals surface area (Å²) in [4.78, 5) is 4.83. The maximum absolute atomic E-state index is 11.6. The highest BCUT2D eigenvalue weighted by Gasteiger charge is 2.76. The number of fused-ring (bicyclic) bond motifs is 2. The number of hydrogen-bond acceptors (Lipinski definition) is 4. The van der Waals surface area contributed by atoms with Gasteiger partial charge in [-0.2, -0.15) is 0 Å². The number of rotatable bonds is 1. The van der Waals surface area contributed by atoms with Gasteiger partial charge in [0, 0.05) is 42.1 Å². The zero-order valence-electron chi connectivity index (χ0n) is 14.3. The van der Waals surface area contributed by atoms with E-state index in [0.717, 1.165) is 19.3 Å². The molecule has 1 aromatic carbocycles. The number of para-hydroxylation sites is 1. The van der Waals surface area contributed by atoms with Crippen LogP contribution in [-0.4, -0.2) is 52.6 Å². The fraction of sp³-hybridized carbons (Fsp3) is 0.700. The van der Waals surface area contributed by atoms with Crippen molar-refractivity contribution in [3.63, 3.8) is 0 Å². The number of aliphatic hydroxyl groups excluding tert-OH is 2. The summed E-state index contributed by atoms with van der Waals surface area (Å²) in [6.45, 7) is 2.19. The number of anilines is 1. The Kier molecular flexibility index (Phi) is 2.45. The third-order valence-corrected chi connectivity index (χ3v) is 8.46. The molecule has 1 aromatic rings. The van der Waals surface area contributed by atoms with Crippen LogP contribution in [0, 0.1) is 17.8 Å². The first kappa shape index (κ1) is 14.1. The van der Waals surface area contributed by atoms with Crippen molar-refractivity contribution in [1.29, 1.82) is 0 Å². The van der Waals surface area contributed by atoms with E-state index in [2.05, 4.69) is 48.0 Å². The van der Waals surface area contributed by atoms with E-state index in [1.54, 1.807) is 0 Å². The largest absolute Gasteiger partial charge is 0.392 e. The molecule has 0 aromatic heterocycles. The van der Waals surface area contributed by atoms with Gasteiger partial charge in [0.2, 0.25) is 0 Å². The number of likely N-dealkylation sites (N-methyl/N-ethyl adjacent to an activating group) is 1. The molecular weight excluding hydrogens is 300 g/mol. The predicted octanol–water partition coefficient (Wildman–Crippen LogP) is 1.55. The first-order chi connectivity index (χ1) is 11.6. The summed E-state index contributed by atoms with van der Waals surface area (Å²) in [6, 6.07) is 9.70. The standard InChI is InChI=1S/C20H26N2O2/c1-3-10-11-8-14-17-20(12-6-4-5-7-13(12)21(17)2)9-15(16(11)18(20)23)22(14)19(10)24/h4-7,10-11,14-19,23-24H,3,8-9H2,1-2H3/t10-,11-,14-,15-,16-,17+,18+,19+,20+/m0/s1. The Hall–Kier alpha value is -1.10. The van der Waals surface area contributed by atoms with E-state index in [1.807, 2.05) is 0 Å². The lowest BCUT2D eigenvalue weighted by Gasteiger charge is -2.62. The van der Waals surface area contributed by atoms with Gasteiger partial charge >= 0.3 is 0 Å². The quantitative estimate of drug-likeness (QED) is 0.822. The number of aliphatic hydroxyl groups is 2. The average molecular weight is 326 g/mol. The molecule has 1 aliphatic carbocycles. The van der Waals surface area contributed by atoms with Gasteiger partial charge < -0.3 is 15.1 Å². The van der Waals surface area contributed by atoms with Gasteiger partial charge in [0.05, 0.1) is 12.1 Å². The molecule has 5 aliphatic heterocycles. The van der Waals surface area contributed by atoms with Crippen LogP contribution in [-0.2, 0) is 5.41 Å². The summed E-state index contributed by atoms with van der Waals surface area (Å²) in [5.41, 5.74) is 2.51. The molecule has 10 atom stereocenters. The van der Waals surface area contributed by atoms with Gasteiger partial charge in [0.25, 0.3) is 0 Å². The van der Waals surface area contributed by atoms with Gasteiger partial charge in [-0.1, -0.05) is 25.1 Å². The molecule has 128 valence electrons. The topological polar surface area (TPSA) is 46.9 Å². The minimum absolute atomic E-state index is 0.126. The molecule has 5 heterocycles. The van der Waals surface area contributed by atoms with Crippen LogP contribution in [0.25, 0.3) is 0 Å². The van der Waals surface area contributed by atoms with Gasteiger partial charge in [0.1, 0.15) is 6.23 Å². The zero-order valence-corrected chi connectivity index (χ0v) is 14.3. The molecule has 5 bridgehead atoms. The number of nitrogens with zero attached hydrogens (tertiary/aromatic N) is 2. The molecule has 7 rings (SSSR count). The molecule has 4 heteroatoms. The van der Waals surface area contributed by atoms with Crippen LogP contribution >= 0.6 is 0 Å². The summed E-state index contributed by atoms with van der Waals surface area (Å²) >= 11 is 0. The Morgan fingerprint density at radius 3 is 2.79 bits per heavy atom. The highest BCUT2D eigenvalue weighted by Crippen LogP contribution is 2.68. The van der Waals surface area contributed by atoms with Crippen LogP contribution in [0.5, 0.6) is 0 Å². The molecule has 0 radical (unpaired) electrons. The second-order valence-corrected chi connectivity index (χ2v) is 8.81. The predicted molar refractivity (Wildman–Crippen MR) is 91.7 cm³/mol. The molecule has 1 unspecified atom stereocenters. The lowest BCUT2D eigenvalue weighted by Crippen LogP contribution is -2.72. The van der Waals surface area contributed by atoms with E-state index >= 15 is 0 Å². The van der Waals surface area contributed by atoms with Crippen molar-refractivity contribution >= 4 is 5.69 Å². The van der Waals surface area contributed by atoms with Crippen molar-refractivity contribution in [2.24, 2.45) is 17.8 Å². The summed E-state index contributed by atoms with van der Waals surface area (Å²) in [7, 11) is 2.19. The molecule has 5 fully saturated rings. The Morgan fingerprint density at radius 1 is 1.21 bits per heavy atom. The van der Waals surface area contributed by atoms with Crippen LogP contribution in [0.1, 0.15) is 31.7 Å². The van der Waals surface area contributed by atoms with Crippen molar-refractivity contribution in [3.8, 4) is 0 Å². The van der Waals surface area contributed by atoms with Crippen LogP contribution in [0.4, 0.5) is 5.69 Å². The van der Waals surface area contributed by atoms with Gasteiger partial charge in [-0.15, -0.1) is 0 Å². The Morgan fingerprint density at radius 2 is 2.00 bits per heavy atom. The van der Waals surface area contributed by atoms with E-state index < -0.39 is 0 Å². The number of hydrogen-bond donors (Lipinski definition) is 2. The molecule has 1 spiro atoms. The Bertz CT molecular complexity index is 723. The highest BCUT2D eigenvalue weighted by molar-refractivity contribution is 5.67. The van der Waals surface area contributed by atoms with Crippen LogP contribution in [0.2, 0.25) is 0 Å². The van der Waals surface area contributed by atoms with Crippen molar-refractivity contribution in [1.82, 2.24) is 4.90 Å². The van der Waals surface area contributed by atoms with Crippen molar-refractivity contribution in [2.75, 3.05) is 11.9 Å². The van der Waals surface area contributed by atoms with E-state index in [1.165, 1.54) is 11.3 Å². The summed E-state index contributed by atoms with van der Waals surface area (Å²) in [5, 5.41) is 22.6. The minimum Gasteiger partial charge on any atom is -0.392 e. The van der Waals surface area contributed by atoms with Crippen LogP contribution in [0.15, 0.2) is 24.3 Å². The fourth-order valence-electron chi connectivity index (χ4n) is 7.88. The number of piperidine rings is 4. The lowest BCUT2D eigenvalue weighted by molar-refractivity contribution is -0.211. The first-order valence-corrected chi connectivity index (χ1v) is 9.57.